The normalized spacial score (nSPS) is 23.1. The molecular weight excluding hydrogens is 737 g/mol. The summed E-state index contributed by atoms with van der Waals surface area (Å²) in [5.74, 6) is 3.09. The van der Waals surface area contributed by atoms with Gasteiger partial charge in [0.2, 0.25) is 0 Å². The molecule has 0 unspecified atom stereocenters. The maximum absolute atomic E-state index is 11.5. The van der Waals surface area contributed by atoms with Gasteiger partial charge in [0.25, 0.3) is 0 Å². The predicted molar refractivity (Wildman–Crippen MR) is 242 cm³/mol. The molecule has 8 aromatic rings. The minimum Gasteiger partial charge on any atom is -0.388 e. The fourth-order valence-electron chi connectivity index (χ4n) is 11.4. The van der Waals surface area contributed by atoms with Gasteiger partial charge in [-0.25, -0.2) is 9.97 Å². The van der Waals surface area contributed by atoms with Gasteiger partial charge in [-0.05, 0) is 168 Å². The Bertz CT molecular complexity index is 2580. The number of fused-ring (bicyclic) bond motifs is 4. The highest BCUT2D eigenvalue weighted by Crippen LogP contribution is 2.50. The first-order chi connectivity index (χ1) is 29.6. The number of hydrogen-bond acceptors (Lipinski definition) is 4. The van der Waals surface area contributed by atoms with Gasteiger partial charge in [0, 0.05) is 23.5 Å². The molecule has 4 fully saturated rings. The van der Waals surface area contributed by atoms with E-state index in [2.05, 4.69) is 128 Å². The second kappa shape index (κ2) is 15.9. The molecule has 0 saturated heterocycles. The molecular formula is C54H56N4O2. The van der Waals surface area contributed by atoms with Crippen LogP contribution in [0.1, 0.15) is 146 Å². The summed E-state index contributed by atoms with van der Waals surface area (Å²) in [7, 11) is 0. The fourth-order valence-corrected chi connectivity index (χ4v) is 11.4. The van der Waals surface area contributed by atoms with Crippen LogP contribution in [0.2, 0.25) is 0 Å². The molecule has 0 radical (unpaired) electrons. The lowest BCUT2D eigenvalue weighted by atomic mass is 9.74. The van der Waals surface area contributed by atoms with Crippen molar-refractivity contribution in [1.82, 2.24) is 18.8 Å². The van der Waals surface area contributed by atoms with Crippen molar-refractivity contribution in [3.8, 4) is 0 Å². The highest BCUT2D eigenvalue weighted by atomic mass is 16.3. The Morgan fingerprint density at radius 1 is 0.417 bits per heavy atom. The molecule has 2 N–H and O–H groups in total. The molecule has 6 heteroatoms. The van der Waals surface area contributed by atoms with Crippen molar-refractivity contribution in [2.75, 3.05) is 0 Å². The van der Waals surface area contributed by atoms with Crippen LogP contribution in [-0.2, 0) is 0 Å². The van der Waals surface area contributed by atoms with Crippen LogP contribution in [0, 0.1) is 11.8 Å². The standard InChI is InChI=1S/2C27H28N2O/c2*30-27(26-24(20-8-9-20)14-15-29-17-28-16-25(26)29)21-12-10-19(11-13-21)23-7-3-5-18-4-1-2-6-22(18)23/h2*1-7,14-17,19-21,27,30H,8-13H2/t2*19?,21?,27-/m10/s1. The van der Waals surface area contributed by atoms with Crippen molar-refractivity contribution < 1.29 is 10.2 Å². The Morgan fingerprint density at radius 3 is 1.20 bits per heavy atom. The van der Waals surface area contributed by atoms with Crippen LogP contribution in [-0.4, -0.2) is 29.0 Å². The fraction of sp³-hybridized carbons (Fsp3) is 0.370. The maximum Gasteiger partial charge on any atom is 0.0992 e. The SMILES string of the molecule is O[C@@H](c1c(C2CC2)ccn2cncc12)C1CCC(c2cccc3ccccc23)CC1.O[C@H](c1c(C2CC2)ccn2cncc12)C1CCC(c2cccc3ccccc23)CC1. The monoisotopic (exact) mass is 792 g/mol. The number of aliphatic hydroxyl groups is 2. The molecule has 60 heavy (non-hydrogen) atoms. The Balaban J connectivity index is 0.000000136. The summed E-state index contributed by atoms with van der Waals surface area (Å²) >= 11 is 0. The molecule has 4 aliphatic rings. The summed E-state index contributed by atoms with van der Waals surface area (Å²) in [5.41, 5.74) is 10.1. The van der Waals surface area contributed by atoms with Gasteiger partial charge in [0.1, 0.15) is 0 Å². The molecule has 0 amide bonds. The van der Waals surface area contributed by atoms with Crippen molar-refractivity contribution in [3.63, 3.8) is 0 Å². The molecule has 4 saturated carbocycles. The van der Waals surface area contributed by atoms with Gasteiger partial charge >= 0.3 is 0 Å². The average Bonchev–Trinajstić information content (AvgIpc) is 4.24. The second-order valence-corrected chi connectivity index (χ2v) is 18.5. The number of nitrogens with zero attached hydrogens (tertiary/aromatic N) is 4. The van der Waals surface area contributed by atoms with Gasteiger partial charge in [-0.2, -0.15) is 0 Å². The van der Waals surface area contributed by atoms with Gasteiger partial charge < -0.3 is 19.0 Å². The summed E-state index contributed by atoms with van der Waals surface area (Å²) < 4.78 is 4.12. The van der Waals surface area contributed by atoms with Crippen molar-refractivity contribution in [2.45, 2.75) is 113 Å². The number of aliphatic hydroxyl groups excluding tert-OH is 2. The largest absolute Gasteiger partial charge is 0.388 e. The van der Waals surface area contributed by atoms with Crippen LogP contribution >= 0.6 is 0 Å². The molecule has 304 valence electrons. The summed E-state index contributed by atoms with van der Waals surface area (Å²) in [6, 6.07) is 35.3. The molecule has 0 aliphatic heterocycles. The van der Waals surface area contributed by atoms with Gasteiger partial charge in [0.05, 0.1) is 48.3 Å². The van der Waals surface area contributed by atoms with E-state index in [4.69, 9.17) is 0 Å². The first-order valence-electron chi connectivity index (χ1n) is 22.8. The average molecular weight is 793 g/mol. The molecule has 2 atom stereocenters. The van der Waals surface area contributed by atoms with E-state index in [1.54, 1.807) is 0 Å². The Labute approximate surface area is 353 Å². The third-order valence-corrected chi connectivity index (χ3v) is 14.9. The van der Waals surface area contributed by atoms with Crippen LogP contribution in [0.4, 0.5) is 0 Å². The number of hydrogen-bond donors (Lipinski definition) is 2. The van der Waals surface area contributed by atoms with Crippen LogP contribution in [0.25, 0.3) is 32.6 Å². The minimum absolute atomic E-state index is 0.329. The van der Waals surface area contributed by atoms with Crippen LogP contribution < -0.4 is 0 Å². The topological polar surface area (TPSA) is 75.1 Å². The first-order valence-corrected chi connectivity index (χ1v) is 22.8. The third-order valence-electron chi connectivity index (χ3n) is 14.9. The Hall–Kier alpha value is -5.30. The Kier molecular flexibility index (Phi) is 10.0. The van der Waals surface area contributed by atoms with Crippen LogP contribution in [0.3, 0.4) is 0 Å². The number of rotatable bonds is 8. The molecule has 0 bridgehead atoms. The van der Waals surface area contributed by atoms with E-state index in [0.717, 1.165) is 73.5 Å². The Morgan fingerprint density at radius 2 is 0.783 bits per heavy atom. The van der Waals surface area contributed by atoms with Gasteiger partial charge in [-0.15, -0.1) is 0 Å². The maximum atomic E-state index is 11.5. The lowest BCUT2D eigenvalue weighted by Crippen LogP contribution is -2.21. The molecule has 4 aromatic carbocycles. The smallest absolute Gasteiger partial charge is 0.0992 e. The van der Waals surface area contributed by atoms with Crippen molar-refractivity contribution in [1.29, 1.82) is 0 Å². The van der Waals surface area contributed by atoms with E-state index in [1.807, 2.05) is 25.0 Å². The molecule has 4 aliphatic carbocycles. The summed E-state index contributed by atoms with van der Waals surface area (Å²) in [6.45, 7) is 0. The zero-order valence-corrected chi connectivity index (χ0v) is 34.5. The number of imidazole rings is 2. The van der Waals surface area contributed by atoms with Gasteiger partial charge in [-0.3, -0.25) is 0 Å². The van der Waals surface area contributed by atoms with Gasteiger partial charge in [-0.1, -0.05) is 84.9 Å². The number of pyridine rings is 2. The van der Waals surface area contributed by atoms with Crippen molar-refractivity contribution >= 4 is 32.6 Å². The highest BCUT2D eigenvalue weighted by molar-refractivity contribution is 5.87. The van der Waals surface area contributed by atoms with Gasteiger partial charge in [0.15, 0.2) is 0 Å². The minimum atomic E-state index is -0.394. The van der Waals surface area contributed by atoms with Crippen LogP contribution in [0.5, 0.6) is 0 Å². The van der Waals surface area contributed by atoms with Crippen molar-refractivity contribution in [3.05, 3.63) is 168 Å². The first kappa shape index (κ1) is 37.7. The molecule has 6 nitrogen and oxygen atoms in total. The summed E-state index contributed by atoms with van der Waals surface area (Å²) in [6.07, 6.45) is 24.9. The molecule has 12 rings (SSSR count). The zero-order chi connectivity index (χ0) is 40.2. The molecule has 4 aromatic heterocycles. The van der Waals surface area contributed by atoms with E-state index in [0.29, 0.717) is 35.5 Å². The third kappa shape index (κ3) is 7.12. The highest BCUT2D eigenvalue weighted by Gasteiger charge is 2.36. The number of aromatic nitrogens is 4. The lowest BCUT2D eigenvalue weighted by Gasteiger charge is -2.33. The number of benzene rings is 4. The lowest BCUT2D eigenvalue weighted by molar-refractivity contribution is 0.0809. The summed E-state index contributed by atoms with van der Waals surface area (Å²) in [5, 5.41) is 28.5. The van der Waals surface area contributed by atoms with E-state index in [9.17, 15) is 10.2 Å². The van der Waals surface area contributed by atoms with E-state index >= 15 is 0 Å². The van der Waals surface area contributed by atoms with E-state index in [1.165, 1.54) is 69.5 Å². The summed E-state index contributed by atoms with van der Waals surface area (Å²) in [4.78, 5) is 8.69. The quantitative estimate of drug-likeness (QED) is 0.161. The van der Waals surface area contributed by atoms with E-state index < -0.39 is 12.2 Å². The zero-order valence-electron chi connectivity index (χ0n) is 34.5. The second-order valence-electron chi connectivity index (χ2n) is 18.5. The van der Waals surface area contributed by atoms with Crippen LogP contribution in [0.15, 0.2) is 135 Å². The molecule has 4 heterocycles. The van der Waals surface area contributed by atoms with Crippen molar-refractivity contribution in [2.24, 2.45) is 11.8 Å². The predicted octanol–water partition coefficient (Wildman–Crippen LogP) is 12.7. The van der Waals surface area contributed by atoms with E-state index in [-0.39, 0.29) is 0 Å². The molecule has 0 spiro atoms.